The number of aliphatic hydroxyl groups excluding tert-OH is 1. The Morgan fingerprint density at radius 3 is 2.56 bits per heavy atom. The molecule has 1 aromatic rings. The van der Waals surface area contributed by atoms with E-state index in [0.717, 1.165) is 11.3 Å². The van der Waals surface area contributed by atoms with Gasteiger partial charge >= 0.3 is 0 Å². The van der Waals surface area contributed by atoms with Crippen LogP contribution < -0.4 is 4.74 Å². The summed E-state index contributed by atoms with van der Waals surface area (Å²) in [4.78, 5) is 0. The van der Waals surface area contributed by atoms with E-state index in [4.69, 9.17) is 14.6 Å². The molecular formula is C13H18O3. The van der Waals surface area contributed by atoms with Crippen molar-refractivity contribution in [3.8, 4) is 5.75 Å². The molecule has 0 aliphatic heterocycles. The molecule has 0 aliphatic rings. The van der Waals surface area contributed by atoms with Crippen LogP contribution in [-0.4, -0.2) is 25.4 Å². The minimum Gasteiger partial charge on any atom is -0.497 e. The van der Waals surface area contributed by atoms with E-state index in [1.165, 1.54) is 0 Å². The normalized spacial score (nSPS) is 12.1. The molecule has 0 saturated heterocycles. The van der Waals surface area contributed by atoms with Crippen molar-refractivity contribution < 1.29 is 14.6 Å². The number of methoxy groups -OCH3 is 1. The molecule has 0 saturated carbocycles. The fraction of sp³-hybridized carbons (Fsp3) is 0.385. The van der Waals surface area contributed by atoms with Gasteiger partial charge in [0.05, 0.1) is 26.9 Å². The van der Waals surface area contributed by atoms with Gasteiger partial charge in [-0.1, -0.05) is 18.2 Å². The van der Waals surface area contributed by atoms with E-state index < -0.39 is 0 Å². The van der Waals surface area contributed by atoms with Gasteiger partial charge in [-0.15, -0.1) is 6.58 Å². The van der Waals surface area contributed by atoms with Gasteiger partial charge in [-0.25, -0.2) is 0 Å². The van der Waals surface area contributed by atoms with Crippen LogP contribution in [0.1, 0.15) is 5.56 Å². The predicted molar refractivity (Wildman–Crippen MR) is 63.4 cm³/mol. The highest BCUT2D eigenvalue weighted by Gasteiger charge is 2.02. The molecule has 0 amide bonds. The molecule has 0 spiro atoms. The fourth-order valence-electron chi connectivity index (χ4n) is 1.25. The van der Waals surface area contributed by atoms with E-state index in [2.05, 4.69) is 6.58 Å². The van der Waals surface area contributed by atoms with E-state index in [0.29, 0.717) is 13.2 Å². The lowest BCUT2D eigenvalue weighted by atomic mass is 10.2. The maximum Gasteiger partial charge on any atom is 0.118 e. The SMILES string of the molecule is C=C[C@@H](CO)COCc1ccc(OC)cc1. The Morgan fingerprint density at radius 1 is 1.38 bits per heavy atom. The van der Waals surface area contributed by atoms with Gasteiger partial charge in [0.1, 0.15) is 5.75 Å². The summed E-state index contributed by atoms with van der Waals surface area (Å²) >= 11 is 0. The Bertz CT molecular complexity index is 305. The first-order chi connectivity index (χ1) is 7.80. The fourth-order valence-corrected chi connectivity index (χ4v) is 1.25. The smallest absolute Gasteiger partial charge is 0.118 e. The third-order valence-electron chi connectivity index (χ3n) is 2.33. The van der Waals surface area contributed by atoms with Crippen LogP contribution in [0.4, 0.5) is 0 Å². The molecule has 88 valence electrons. The van der Waals surface area contributed by atoms with E-state index in [1.807, 2.05) is 24.3 Å². The molecule has 0 aliphatic carbocycles. The molecule has 0 radical (unpaired) electrons. The molecule has 3 heteroatoms. The molecule has 1 N–H and O–H groups in total. The lowest BCUT2D eigenvalue weighted by Gasteiger charge is -2.10. The minimum absolute atomic E-state index is 0.0123. The first-order valence-electron chi connectivity index (χ1n) is 5.24. The molecule has 3 nitrogen and oxygen atoms in total. The molecule has 0 unspecified atom stereocenters. The van der Waals surface area contributed by atoms with Gasteiger partial charge in [-0.05, 0) is 17.7 Å². The van der Waals surface area contributed by atoms with Gasteiger partial charge in [0.2, 0.25) is 0 Å². The molecule has 16 heavy (non-hydrogen) atoms. The summed E-state index contributed by atoms with van der Waals surface area (Å²) in [5, 5.41) is 8.92. The largest absolute Gasteiger partial charge is 0.497 e. The summed E-state index contributed by atoms with van der Waals surface area (Å²) in [5.41, 5.74) is 1.08. The van der Waals surface area contributed by atoms with Gasteiger partial charge in [0, 0.05) is 5.92 Å². The van der Waals surface area contributed by atoms with Gasteiger partial charge < -0.3 is 14.6 Å². The zero-order chi connectivity index (χ0) is 11.8. The Morgan fingerprint density at radius 2 is 2.06 bits per heavy atom. The molecule has 0 aromatic heterocycles. The van der Waals surface area contributed by atoms with Crippen LogP contribution in [0, 0.1) is 5.92 Å². The van der Waals surface area contributed by atoms with E-state index in [9.17, 15) is 0 Å². The van der Waals surface area contributed by atoms with Crippen LogP contribution in [0.3, 0.4) is 0 Å². The number of benzene rings is 1. The van der Waals surface area contributed by atoms with Crippen LogP contribution in [0.25, 0.3) is 0 Å². The molecule has 1 rings (SSSR count). The van der Waals surface area contributed by atoms with E-state index >= 15 is 0 Å². The average molecular weight is 222 g/mol. The van der Waals surface area contributed by atoms with Crippen LogP contribution in [-0.2, 0) is 11.3 Å². The Hall–Kier alpha value is -1.32. The summed E-state index contributed by atoms with van der Waals surface area (Å²) in [6.45, 7) is 4.73. The summed E-state index contributed by atoms with van der Waals surface area (Å²) < 4.78 is 10.5. The van der Waals surface area contributed by atoms with Crippen molar-refractivity contribution in [3.05, 3.63) is 42.5 Å². The van der Waals surface area contributed by atoms with Crippen molar-refractivity contribution in [2.45, 2.75) is 6.61 Å². The monoisotopic (exact) mass is 222 g/mol. The van der Waals surface area contributed by atoms with Crippen molar-refractivity contribution in [2.75, 3.05) is 20.3 Å². The highest BCUT2D eigenvalue weighted by Crippen LogP contribution is 2.12. The first kappa shape index (κ1) is 12.7. The van der Waals surface area contributed by atoms with Crippen molar-refractivity contribution in [3.63, 3.8) is 0 Å². The Kier molecular flexibility index (Phi) is 5.61. The summed E-state index contributed by atoms with van der Waals surface area (Å²) in [6.07, 6.45) is 1.70. The van der Waals surface area contributed by atoms with E-state index in [-0.39, 0.29) is 12.5 Å². The molecule has 0 fully saturated rings. The summed E-state index contributed by atoms with van der Waals surface area (Å²) in [5.74, 6) is 0.848. The summed E-state index contributed by atoms with van der Waals surface area (Å²) in [7, 11) is 1.64. The lowest BCUT2D eigenvalue weighted by molar-refractivity contribution is 0.0791. The van der Waals surface area contributed by atoms with Gasteiger partial charge in [-0.3, -0.25) is 0 Å². The maximum absolute atomic E-state index is 8.92. The molecule has 0 bridgehead atoms. The standard InChI is InChI=1S/C13H18O3/c1-3-11(8-14)9-16-10-12-4-6-13(15-2)7-5-12/h3-7,11,14H,1,8-10H2,2H3/t11-/m0/s1. The number of hydrogen-bond acceptors (Lipinski definition) is 3. The van der Waals surface area contributed by atoms with E-state index in [1.54, 1.807) is 13.2 Å². The third-order valence-corrected chi connectivity index (χ3v) is 2.33. The van der Waals surface area contributed by atoms with Crippen LogP contribution in [0.2, 0.25) is 0 Å². The second kappa shape index (κ2) is 7.04. The van der Waals surface area contributed by atoms with Crippen molar-refractivity contribution >= 4 is 0 Å². The molecule has 1 aromatic carbocycles. The van der Waals surface area contributed by atoms with Crippen LogP contribution >= 0.6 is 0 Å². The first-order valence-corrected chi connectivity index (χ1v) is 5.24. The van der Waals surface area contributed by atoms with Crippen molar-refractivity contribution in [1.29, 1.82) is 0 Å². The number of aliphatic hydroxyl groups is 1. The van der Waals surface area contributed by atoms with Crippen molar-refractivity contribution in [1.82, 2.24) is 0 Å². The highest BCUT2D eigenvalue weighted by molar-refractivity contribution is 5.26. The second-order valence-corrected chi connectivity index (χ2v) is 3.54. The second-order valence-electron chi connectivity index (χ2n) is 3.54. The van der Waals surface area contributed by atoms with Crippen LogP contribution in [0.5, 0.6) is 5.75 Å². The highest BCUT2D eigenvalue weighted by atomic mass is 16.5. The zero-order valence-corrected chi connectivity index (χ0v) is 9.56. The predicted octanol–water partition coefficient (Wildman–Crippen LogP) is 2.01. The number of rotatable bonds is 7. The number of hydrogen-bond donors (Lipinski definition) is 1. The Labute approximate surface area is 96.3 Å². The third kappa shape index (κ3) is 4.04. The Balaban J connectivity index is 2.34. The minimum atomic E-state index is 0.0123. The topological polar surface area (TPSA) is 38.7 Å². The molecule has 0 heterocycles. The van der Waals surface area contributed by atoms with Crippen LogP contribution in [0.15, 0.2) is 36.9 Å². The molecular weight excluding hydrogens is 204 g/mol. The average Bonchev–Trinajstić information content (AvgIpc) is 2.35. The van der Waals surface area contributed by atoms with Gasteiger partial charge in [0.15, 0.2) is 0 Å². The zero-order valence-electron chi connectivity index (χ0n) is 9.56. The van der Waals surface area contributed by atoms with Gasteiger partial charge in [-0.2, -0.15) is 0 Å². The molecule has 1 atom stereocenters. The lowest BCUT2D eigenvalue weighted by Crippen LogP contribution is -2.10. The number of ether oxygens (including phenoxy) is 2. The maximum atomic E-state index is 8.92. The summed E-state index contributed by atoms with van der Waals surface area (Å²) in [6, 6.07) is 7.72. The quantitative estimate of drug-likeness (QED) is 0.717. The van der Waals surface area contributed by atoms with Crippen molar-refractivity contribution in [2.24, 2.45) is 5.92 Å². The van der Waals surface area contributed by atoms with Gasteiger partial charge in [0.25, 0.3) is 0 Å².